The van der Waals surface area contributed by atoms with Crippen LogP contribution in [0.2, 0.25) is 0 Å². The lowest BCUT2D eigenvalue weighted by Crippen LogP contribution is -2.13. The van der Waals surface area contributed by atoms with Crippen molar-refractivity contribution in [3.05, 3.63) is 46.4 Å². The van der Waals surface area contributed by atoms with Crippen LogP contribution in [0.1, 0.15) is 16.5 Å². The lowest BCUT2D eigenvalue weighted by Gasteiger charge is -2.15. The lowest BCUT2D eigenvalue weighted by atomic mass is 10.0. The van der Waals surface area contributed by atoms with Crippen molar-refractivity contribution in [1.82, 2.24) is 4.98 Å². The van der Waals surface area contributed by atoms with Crippen LogP contribution in [0.15, 0.2) is 36.0 Å². The molecule has 2 aromatic rings. The predicted molar refractivity (Wildman–Crippen MR) is 73.5 cm³/mol. The average molecular weight is 247 g/mol. The summed E-state index contributed by atoms with van der Waals surface area (Å²) in [6.07, 6.45) is 2.74. The molecule has 1 heterocycles. The topological polar surface area (TPSA) is 42.1 Å². The van der Waals surface area contributed by atoms with Gasteiger partial charge < -0.3 is 10.6 Å². The van der Waals surface area contributed by atoms with Gasteiger partial charge >= 0.3 is 0 Å². The van der Waals surface area contributed by atoms with Gasteiger partial charge in [0.15, 0.2) is 0 Å². The number of anilines is 1. The summed E-state index contributed by atoms with van der Waals surface area (Å²) in [7, 11) is 4.07. The van der Waals surface area contributed by atoms with Crippen LogP contribution in [0.3, 0.4) is 0 Å². The van der Waals surface area contributed by atoms with Crippen molar-refractivity contribution in [2.75, 3.05) is 19.0 Å². The first-order valence-corrected chi connectivity index (χ1v) is 6.45. The molecule has 17 heavy (non-hydrogen) atoms. The molecule has 0 fully saturated rings. The van der Waals surface area contributed by atoms with Crippen LogP contribution in [0.5, 0.6) is 0 Å². The molecule has 4 heteroatoms. The minimum Gasteiger partial charge on any atom is -0.378 e. The molecule has 1 aromatic heterocycles. The zero-order valence-electron chi connectivity index (χ0n) is 10.1. The van der Waals surface area contributed by atoms with E-state index in [4.69, 9.17) is 5.73 Å². The highest BCUT2D eigenvalue weighted by molar-refractivity contribution is 7.09. The quantitative estimate of drug-likeness (QED) is 0.902. The fourth-order valence-electron chi connectivity index (χ4n) is 1.70. The highest BCUT2D eigenvalue weighted by Gasteiger charge is 2.08. The summed E-state index contributed by atoms with van der Waals surface area (Å²) in [5.41, 5.74) is 10.4. The van der Waals surface area contributed by atoms with E-state index in [0.717, 1.165) is 6.42 Å². The second-order valence-electron chi connectivity index (χ2n) is 4.26. The zero-order chi connectivity index (χ0) is 12.3. The molecule has 0 aliphatic heterocycles. The standard InChI is InChI=1S/C13H17N3S/c1-16(2)11-5-3-10(4-6-11)13(14)7-12-8-15-9-17-12/h3-6,8-9,13H,7,14H2,1-2H3. The van der Waals surface area contributed by atoms with Crippen LogP contribution in [0.4, 0.5) is 5.69 Å². The van der Waals surface area contributed by atoms with Crippen LogP contribution in [-0.4, -0.2) is 19.1 Å². The van der Waals surface area contributed by atoms with E-state index in [9.17, 15) is 0 Å². The molecular formula is C13H17N3S. The number of benzene rings is 1. The predicted octanol–water partition coefficient (Wildman–Crippen LogP) is 2.45. The van der Waals surface area contributed by atoms with Crippen LogP contribution < -0.4 is 10.6 Å². The summed E-state index contributed by atoms with van der Waals surface area (Å²) in [6, 6.07) is 8.44. The van der Waals surface area contributed by atoms with E-state index in [-0.39, 0.29) is 6.04 Å². The third-order valence-corrected chi connectivity index (χ3v) is 3.54. The fraction of sp³-hybridized carbons (Fsp3) is 0.308. The normalized spacial score (nSPS) is 12.4. The molecule has 0 spiro atoms. The van der Waals surface area contributed by atoms with Crippen molar-refractivity contribution in [3.8, 4) is 0 Å². The molecule has 0 aliphatic rings. The Morgan fingerprint density at radius 3 is 2.53 bits per heavy atom. The van der Waals surface area contributed by atoms with Crippen molar-refractivity contribution in [1.29, 1.82) is 0 Å². The summed E-state index contributed by atoms with van der Waals surface area (Å²) in [5.74, 6) is 0. The molecule has 3 nitrogen and oxygen atoms in total. The van der Waals surface area contributed by atoms with Gasteiger partial charge in [-0.3, -0.25) is 4.98 Å². The third-order valence-electron chi connectivity index (χ3n) is 2.74. The minimum atomic E-state index is 0.0478. The number of hydrogen-bond acceptors (Lipinski definition) is 4. The Hall–Kier alpha value is -1.39. The maximum atomic E-state index is 6.18. The molecule has 0 saturated heterocycles. The Balaban J connectivity index is 2.06. The molecule has 2 rings (SSSR count). The molecule has 1 atom stereocenters. The Morgan fingerprint density at radius 1 is 1.29 bits per heavy atom. The number of rotatable bonds is 4. The average Bonchev–Trinajstić information content (AvgIpc) is 2.82. The summed E-state index contributed by atoms with van der Waals surface area (Å²) in [6.45, 7) is 0. The highest BCUT2D eigenvalue weighted by Crippen LogP contribution is 2.20. The van der Waals surface area contributed by atoms with E-state index in [1.165, 1.54) is 16.1 Å². The minimum absolute atomic E-state index is 0.0478. The van der Waals surface area contributed by atoms with E-state index in [0.29, 0.717) is 0 Å². The molecule has 0 aliphatic carbocycles. The van der Waals surface area contributed by atoms with E-state index < -0.39 is 0 Å². The maximum absolute atomic E-state index is 6.18. The molecule has 0 radical (unpaired) electrons. The van der Waals surface area contributed by atoms with Crippen molar-refractivity contribution in [2.24, 2.45) is 5.73 Å². The largest absolute Gasteiger partial charge is 0.378 e. The number of hydrogen-bond donors (Lipinski definition) is 1. The van der Waals surface area contributed by atoms with Crippen molar-refractivity contribution < 1.29 is 0 Å². The van der Waals surface area contributed by atoms with E-state index in [1.807, 2.05) is 25.8 Å². The molecule has 1 unspecified atom stereocenters. The summed E-state index contributed by atoms with van der Waals surface area (Å²) >= 11 is 1.65. The van der Waals surface area contributed by atoms with Crippen LogP contribution in [0, 0.1) is 0 Å². The smallest absolute Gasteiger partial charge is 0.0794 e. The van der Waals surface area contributed by atoms with Crippen molar-refractivity contribution in [3.63, 3.8) is 0 Å². The molecule has 90 valence electrons. The number of nitrogens with zero attached hydrogens (tertiary/aromatic N) is 2. The second-order valence-corrected chi connectivity index (χ2v) is 5.24. The van der Waals surface area contributed by atoms with Crippen LogP contribution in [-0.2, 0) is 6.42 Å². The zero-order valence-corrected chi connectivity index (χ0v) is 10.9. The maximum Gasteiger partial charge on any atom is 0.0794 e. The first-order chi connectivity index (χ1) is 8.16. The Bertz CT molecular complexity index is 448. The summed E-state index contributed by atoms with van der Waals surface area (Å²) in [4.78, 5) is 7.38. The molecule has 0 saturated carbocycles. The molecule has 0 bridgehead atoms. The van der Waals surface area contributed by atoms with Gasteiger partial charge in [0.2, 0.25) is 0 Å². The third kappa shape index (κ3) is 3.05. The Labute approximate surface area is 106 Å². The van der Waals surface area contributed by atoms with Crippen LogP contribution >= 0.6 is 11.3 Å². The van der Waals surface area contributed by atoms with E-state index in [1.54, 1.807) is 11.3 Å². The van der Waals surface area contributed by atoms with Gasteiger partial charge in [0, 0.05) is 43.3 Å². The molecule has 2 N–H and O–H groups in total. The van der Waals surface area contributed by atoms with Gasteiger partial charge in [0.25, 0.3) is 0 Å². The SMILES string of the molecule is CN(C)c1ccc(C(N)Cc2cncs2)cc1. The van der Waals surface area contributed by atoms with Gasteiger partial charge in [0.1, 0.15) is 0 Å². The first-order valence-electron chi connectivity index (χ1n) is 5.57. The number of thiazole rings is 1. The van der Waals surface area contributed by atoms with Gasteiger partial charge in [-0.05, 0) is 17.7 Å². The first kappa shape index (κ1) is 12.1. The Morgan fingerprint density at radius 2 is 2.00 bits per heavy atom. The number of aromatic nitrogens is 1. The summed E-state index contributed by atoms with van der Waals surface area (Å²) < 4.78 is 0. The highest BCUT2D eigenvalue weighted by atomic mass is 32.1. The van der Waals surface area contributed by atoms with Crippen molar-refractivity contribution in [2.45, 2.75) is 12.5 Å². The number of nitrogens with two attached hydrogens (primary N) is 1. The van der Waals surface area contributed by atoms with Crippen LogP contribution in [0.25, 0.3) is 0 Å². The van der Waals surface area contributed by atoms with Gasteiger partial charge in [-0.2, -0.15) is 0 Å². The monoisotopic (exact) mass is 247 g/mol. The second kappa shape index (κ2) is 5.29. The summed E-state index contributed by atoms with van der Waals surface area (Å²) in [5, 5.41) is 0. The Kier molecular flexibility index (Phi) is 3.76. The van der Waals surface area contributed by atoms with Gasteiger partial charge in [-0.15, -0.1) is 11.3 Å². The van der Waals surface area contributed by atoms with E-state index in [2.05, 4.69) is 34.1 Å². The van der Waals surface area contributed by atoms with Gasteiger partial charge in [-0.1, -0.05) is 12.1 Å². The van der Waals surface area contributed by atoms with Gasteiger partial charge in [0.05, 0.1) is 5.51 Å². The lowest BCUT2D eigenvalue weighted by molar-refractivity contribution is 0.729. The van der Waals surface area contributed by atoms with Crippen molar-refractivity contribution >= 4 is 17.0 Å². The van der Waals surface area contributed by atoms with Gasteiger partial charge in [-0.25, -0.2) is 0 Å². The molecule has 1 aromatic carbocycles. The van der Waals surface area contributed by atoms with E-state index >= 15 is 0 Å². The fourth-order valence-corrected chi connectivity index (χ4v) is 2.35. The molecular weight excluding hydrogens is 230 g/mol. The molecule has 0 amide bonds.